The highest BCUT2D eigenvalue weighted by Crippen LogP contribution is 2.36. The van der Waals surface area contributed by atoms with Crippen molar-refractivity contribution in [3.8, 4) is 11.8 Å². The van der Waals surface area contributed by atoms with Crippen LogP contribution in [0, 0.1) is 11.3 Å². The van der Waals surface area contributed by atoms with Gasteiger partial charge in [-0.05, 0) is 73.3 Å². The van der Waals surface area contributed by atoms with E-state index in [1.165, 1.54) is 0 Å². The van der Waals surface area contributed by atoms with E-state index in [2.05, 4.69) is 42.9 Å². The quantitative estimate of drug-likeness (QED) is 0.272. The molecular weight excluding hydrogens is 496 g/mol. The maximum Gasteiger partial charge on any atom is 0.238 e. The van der Waals surface area contributed by atoms with Crippen molar-refractivity contribution < 1.29 is 9.15 Å². The molecule has 1 aromatic heterocycles. The number of hydrogen-bond donors (Lipinski definition) is 0. The third-order valence-corrected chi connectivity index (χ3v) is 5.38. The van der Waals surface area contributed by atoms with Gasteiger partial charge in [-0.2, -0.15) is 5.26 Å². The van der Waals surface area contributed by atoms with E-state index in [9.17, 15) is 5.26 Å². The zero-order chi connectivity index (χ0) is 20.2. The summed E-state index contributed by atoms with van der Waals surface area (Å²) < 4.78 is 13.2. The van der Waals surface area contributed by atoms with Crippen molar-refractivity contribution in [2.75, 3.05) is 0 Å². The highest BCUT2D eigenvalue weighted by molar-refractivity contribution is 9.11. The lowest BCUT2D eigenvalue weighted by molar-refractivity contribution is 0.302. The van der Waals surface area contributed by atoms with E-state index < -0.39 is 0 Å². The van der Waals surface area contributed by atoms with Gasteiger partial charge in [-0.3, -0.25) is 0 Å². The first-order chi connectivity index (χ1) is 14.1. The van der Waals surface area contributed by atoms with Crippen LogP contribution in [0.2, 0.25) is 0 Å². The molecule has 0 aliphatic heterocycles. The van der Waals surface area contributed by atoms with Gasteiger partial charge in [0, 0.05) is 0 Å². The minimum atomic E-state index is 0.297. The summed E-state index contributed by atoms with van der Waals surface area (Å²) in [5.41, 5.74) is 3.61. The SMILES string of the molecule is N#C/C(=C\c1cc(Br)c(OCc2ccccc2)c(Br)c1)c1nc2ccccc2o1. The zero-order valence-corrected chi connectivity index (χ0v) is 18.3. The zero-order valence-electron chi connectivity index (χ0n) is 15.1. The Hall–Kier alpha value is -2.88. The van der Waals surface area contributed by atoms with Gasteiger partial charge in [0.1, 0.15) is 29.5 Å². The van der Waals surface area contributed by atoms with Gasteiger partial charge in [0.05, 0.1) is 8.95 Å². The summed E-state index contributed by atoms with van der Waals surface area (Å²) in [5, 5.41) is 9.60. The normalized spacial score (nSPS) is 11.4. The molecule has 0 aliphatic carbocycles. The number of fused-ring (bicyclic) bond motifs is 1. The molecule has 1 heterocycles. The van der Waals surface area contributed by atoms with E-state index in [-0.39, 0.29) is 0 Å². The van der Waals surface area contributed by atoms with Crippen LogP contribution in [0.4, 0.5) is 0 Å². The fourth-order valence-electron chi connectivity index (χ4n) is 2.83. The Morgan fingerprint density at radius 3 is 2.41 bits per heavy atom. The third-order valence-electron chi connectivity index (χ3n) is 4.20. The summed E-state index contributed by atoms with van der Waals surface area (Å²) in [6, 6.07) is 23.3. The first kappa shape index (κ1) is 19.4. The Morgan fingerprint density at radius 2 is 1.72 bits per heavy atom. The Kier molecular flexibility index (Phi) is 5.79. The summed E-state index contributed by atoms with van der Waals surface area (Å²) in [6.45, 7) is 0.458. The Labute approximate surface area is 184 Å². The first-order valence-corrected chi connectivity index (χ1v) is 10.4. The summed E-state index contributed by atoms with van der Waals surface area (Å²) in [4.78, 5) is 4.40. The molecule has 3 aromatic carbocycles. The molecule has 0 fully saturated rings. The number of rotatable bonds is 5. The lowest BCUT2D eigenvalue weighted by atomic mass is 10.1. The lowest BCUT2D eigenvalue weighted by Crippen LogP contribution is -1.97. The minimum absolute atomic E-state index is 0.297. The molecule has 0 bridgehead atoms. The van der Waals surface area contributed by atoms with Crippen LogP contribution in [-0.2, 0) is 6.61 Å². The predicted molar refractivity (Wildman–Crippen MR) is 120 cm³/mol. The number of para-hydroxylation sites is 2. The first-order valence-electron chi connectivity index (χ1n) is 8.77. The monoisotopic (exact) mass is 508 g/mol. The minimum Gasteiger partial charge on any atom is -0.487 e. The molecule has 0 aliphatic rings. The van der Waals surface area contributed by atoms with Crippen molar-refractivity contribution in [3.63, 3.8) is 0 Å². The molecule has 0 amide bonds. The molecule has 4 aromatic rings. The molecule has 29 heavy (non-hydrogen) atoms. The molecule has 0 saturated heterocycles. The molecule has 0 spiro atoms. The van der Waals surface area contributed by atoms with E-state index in [0.717, 1.165) is 25.6 Å². The molecule has 142 valence electrons. The Balaban J connectivity index is 1.61. The van der Waals surface area contributed by atoms with Crippen LogP contribution in [0.15, 0.2) is 80.1 Å². The van der Waals surface area contributed by atoms with Crippen molar-refractivity contribution >= 4 is 54.6 Å². The molecule has 4 rings (SSSR count). The number of aromatic nitrogens is 1. The van der Waals surface area contributed by atoms with E-state index in [4.69, 9.17) is 9.15 Å². The number of hydrogen-bond acceptors (Lipinski definition) is 4. The van der Waals surface area contributed by atoms with Crippen LogP contribution in [0.25, 0.3) is 22.7 Å². The van der Waals surface area contributed by atoms with Crippen molar-refractivity contribution in [1.82, 2.24) is 4.98 Å². The Morgan fingerprint density at radius 1 is 1.03 bits per heavy atom. The molecule has 4 nitrogen and oxygen atoms in total. The van der Waals surface area contributed by atoms with Crippen molar-refractivity contribution in [3.05, 3.63) is 92.7 Å². The fourth-order valence-corrected chi connectivity index (χ4v) is 4.28. The Bertz CT molecular complexity index is 1180. The fraction of sp³-hybridized carbons (Fsp3) is 0.0435. The summed E-state index contributed by atoms with van der Waals surface area (Å²) in [5.74, 6) is 0.997. The van der Waals surface area contributed by atoms with E-state index in [0.29, 0.717) is 29.4 Å². The maximum atomic E-state index is 9.60. The number of oxazole rings is 1. The number of allylic oxidation sites excluding steroid dienone is 1. The van der Waals surface area contributed by atoms with Gasteiger partial charge < -0.3 is 9.15 Å². The van der Waals surface area contributed by atoms with Crippen molar-refractivity contribution in [1.29, 1.82) is 5.26 Å². The molecule has 0 unspecified atom stereocenters. The average molecular weight is 510 g/mol. The summed E-state index contributed by atoms with van der Waals surface area (Å²) in [6.07, 6.45) is 1.74. The predicted octanol–water partition coefficient (Wildman–Crippen LogP) is 7.00. The number of nitrogens with zero attached hydrogens (tertiary/aromatic N) is 2. The molecule has 0 N–H and O–H groups in total. The second-order valence-electron chi connectivity index (χ2n) is 6.24. The highest BCUT2D eigenvalue weighted by atomic mass is 79.9. The number of nitriles is 1. The molecule has 0 atom stereocenters. The largest absolute Gasteiger partial charge is 0.487 e. The smallest absolute Gasteiger partial charge is 0.238 e. The van der Waals surface area contributed by atoms with Gasteiger partial charge in [-0.1, -0.05) is 42.5 Å². The van der Waals surface area contributed by atoms with E-state index >= 15 is 0 Å². The van der Waals surface area contributed by atoms with Crippen LogP contribution in [0.3, 0.4) is 0 Å². The van der Waals surface area contributed by atoms with E-state index in [1.807, 2.05) is 66.7 Å². The van der Waals surface area contributed by atoms with Gasteiger partial charge in [0.15, 0.2) is 5.58 Å². The molecule has 0 saturated carbocycles. The van der Waals surface area contributed by atoms with Crippen LogP contribution in [0.5, 0.6) is 5.75 Å². The molecule has 6 heteroatoms. The number of ether oxygens (including phenoxy) is 1. The number of benzene rings is 3. The van der Waals surface area contributed by atoms with Crippen LogP contribution >= 0.6 is 31.9 Å². The van der Waals surface area contributed by atoms with Crippen LogP contribution in [-0.4, -0.2) is 4.98 Å². The summed E-state index contributed by atoms with van der Waals surface area (Å²) in [7, 11) is 0. The van der Waals surface area contributed by atoms with Gasteiger partial charge >= 0.3 is 0 Å². The van der Waals surface area contributed by atoms with Gasteiger partial charge in [0.2, 0.25) is 5.89 Å². The number of halogens is 2. The van der Waals surface area contributed by atoms with E-state index in [1.54, 1.807) is 6.08 Å². The highest BCUT2D eigenvalue weighted by Gasteiger charge is 2.13. The van der Waals surface area contributed by atoms with Crippen LogP contribution < -0.4 is 4.74 Å². The second-order valence-corrected chi connectivity index (χ2v) is 7.95. The van der Waals surface area contributed by atoms with Gasteiger partial charge in [0.25, 0.3) is 0 Å². The second kappa shape index (κ2) is 8.64. The van der Waals surface area contributed by atoms with Crippen molar-refractivity contribution in [2.24, 2.45) is 0 Å². The van der Waals surface area contributed by atoms with Crippen molar-refractivity contribution in [2.45, 2.75) is 6.61 Å². The van der Waals surface area contributed by atoms with Crippen LogP contribution in [0.1, 0.15) is 17.0 Å². The maximum absolute atomic E-state index is 9.60. The summed E-state index contributed by atoms with van der Waals surface area (Å²) >= 11 is 7.12. The lowest BCUT2D eigenvalue weighted by Gasteiger charge is -2.11. The standard InChI is InChI=1S/C23H14Br2N2O2/c24-18-11-16(12-19(25)22(18)28-14-15-6-2-1-3-7-15)10-17(13-26)23-27-20-8-4-5-9-21(20)29-23/h1-12H,14H2/b17-10+. The van der Waals surface area contributed by atoms with Gasteiger partial charge in [-0.15, -0.1) is 0 Å². The topological polar surface area (TPSA) is 59.0 Å². The third kappa shape index (κ3) is 4.42. The van der Waals surface area contributed by atoms with Gasteiger partial charge in [-0.25, -0.2) is 4.98 Å². The molecular formula is C23H14Br2N2O2. The molecule has 0 radical (unpaired) electrons. The average Bonchev–Trinajstić information content (AvgIpc) is 3.16.